The maximum Gasteiger partial charge on any atom is 0.0475 e. The summed E-state index contributed by atoms with van der Waals surface area (Å²) in [6.07, 6.45) is 11.4. The lowest BCUT2D eigenvalue weighted by molar-refractivity contribution is -0.327. The third-order valence-corrected chi connectivity index (χ3v) is 10.2. The molecule has 210 valence electrons. The van der Waals surface area contributed by atoms with E-state index in [1.165, 1.54) is 57.8 Å². The number of piperidine rings is 3. The maximum absolute atomic E-state index is 4.03. The summed E-state index contributed by atoms with van der Waals surface area (Å²) in [5.41, 5.74) is 4.87. The van der Waals surface area contributed by atoms with Crippen molar-refractivity contribution in [2.75, 3.05) is 13.1 Å². The second-order valence-electron chi connectivity index (χ2n) is 16.3. The standard InChI is InChI=1S/C30H60N6/c1-25(2)16-13-17-26(3,4)34(25)24-22-32(35-27(5,6)18-14-19-28(35,7)8)31-33(23-24)36-29(9,10)20-15-21-30(36,11)12/h24,31H,13-23H2,1-12H3. The van der Waals surface area contributed by atoms with Crippen LogP contribution in [0.2, 0.25) is 0 Å². The van der Waals surface area contributed by atoms with Crippen LogP contribution in [0.15, 0.2) is 0 Å². The van der Waals surface area contributed by atoms with E-state index in [2.05, 4.69) is 114 Å². The Labute approximate surface area is 224 Å². The van der Waals surface area contributed by atoms with Crippen molar-refractivity contribution < 1.29 is 0 Å². The molecule has 4 aliphatic rings. The van der Waals surface area contributed by atoms with E-state index in [1.54, 1.807) is 0 Å². The van der Waals surface area contributed by atoms with Crippen molar-refractivity contribution in [3.8, 4) is 0 Å². The monoisotopic (exact) mass is 504 g/mol. The van der Waals surface area contributed by atoms with E-state index >= 15 is 0 Å². The lowest BCUT2D eigenvalue weighted by Crippen LogP contribution is -2.81. The molecule has 6 nitrogen and oxygen atoms in total. The Hall–Kier alpha value is -0.240. The average Bonchev–Trinajstić information content (AvgIpc) is 2.63. The minimum absolute atomic E-state index is 0.113. The molecule has 0 aromatic carbocycles. The zero-order valence-electron chi connectivity index (χ0n) is 26.1. The van der Waals surface area contributed by atoms with Crippen molar-refractivity contribution in [3.05, 3.63) is 0 Å². The summed E-state index contributed by atoms with van der Waals surface area (Å²) in [6.45, 7) is 31.6. The number of hydrazine groups is 4. The molecule has 36 heavy (non-hydrogen) atoms. The lowest BCUT2D eigenvalue weighted by Gasteiger charge is -2.65. The van der Waals surface area contributed by atoms with Crippen molar-refractivity contribution >= 4 is 0 Å². The molecule has 4 fully saturated rings. The highest BCUT2D eigenvalue weighted by Crippen LogP contribution is 2.45. The highest BCUT2D eigenvalue weighted by molar-refractivity contribution is 5.04. The predicted molar refractivity (Wildman–Crippen MR) is 152 cm³/mol. The third kappa shape index (κ3) is 5.16. The lowest BCUT2D eigenvalue weighted by atomic mass is 9.78. The van der Waals surface area contributed by atoms with E-state index in [0.717, 1.165) is 13.1 Å². The first-order valence-corrected chi connectivity index (χ1v) is 15.0. The van der Waals surface area contributed by atoms with Crippen LogP contribution in [0.4, 0.5) is 0 Å². The third-order valence-electron chi connectivity index (χ3n) is 10.2. The first-order chi connectivity index (χ1) is 16.3. The molecule has 6 heteroatoms. The summed E-state index contributed by atoms with van der Waals surface area (Å²) >= 11 is 0. The van der Waals surface area contributed by atoms with Crippen LogP contribution in [-0.2, 0) is 0 Å². The van der Waals surface area contributed by atoms with Gasteiger partial charge in [-0.1, -0.05) is 0 Å². The van der Waals surface area contributed by atoms with Crippen molar-refractivity contribution in [1.82, 2.24) is 30.7 Å². The number of rotatable bonds is 3. The van der Waals surface area contributed by atoms with Crippen LogP contribution in [0.25, 0.3) is 0 Å². The van der Waals surface area contributed by atoms with Crippen molar-refractivity contribution in [2.24, 2.45) is 0 Å². The van der Waals surface area contributed by atoms with Crippen LogP contribution in [0, 0.1) is 0 Å². The van der Waals surface area contributed by atoms with Gasteiger partial charge in [-0.25, -0.2) is 10.0 Å². The number of hydrogen-bond acceptors (Lipinski definition) is 6. The van der Waals surface area contributed by atoms with Gasteiger partial charge in [0.2, 0.25) is 0 Å². The number of likely N-dealkylation sites (tertiary alicyclic amines) is 1. The Bertz CT molecular complexity index is 639. The normalized spacial score (nSPS) is 34.0. The Balaban J connectivity index is 1.78. The Morgan fingerprint density at radius 2 is 0.722 bits per heavy atom. The van der Waals surface area contributed by atoms with Crippen LogP contribution in [0.1, 0.15) is 141 Å². The highest BCUT2D eigenvalue weighted by atomic mass is 16.0. The molecule has 1 N–H and O–H groups in total. The fourth-order valence-corrected chi connectivity index (χ4v) is 9.37. The van der Waals surface area contributed by atoms with Gasteiger partial charge in [-0.15, -0.1) is 0 Å². The molecule has 0 radical (unpaired) electrons. The van der Waals surface area contributed by atoms with Crippen LogP contribution in [0.5, 0.6) is 0 Å². The maximum atomic E-state index is 4.03. The van der Waals surface area contributed by atoms with E-state index in [-0.39, 0.29) is 33.2 Å². The molecule has 0 unspecified atom stereocenters. The van der Waals surface area contributed by atoms with Crippen LogP contribution in [0.3, 0.4) is 0 Å². The van der Waals surface area contributed by atoms with Gasteiger partial charge < -0.3 is 0 Å². The fourth-order valence-electron chi connectivity index (χ4n) is 9.37. The van der Waals surface area contributed by atoms with Crippen molar-refractivity contribution in [3.63, 3.8) is 0 Å². The SMILES string of the molecule is CC1(C)CCCC(C)(C)N1C1CN(N2C(C)(C)CCCC2(C)C)NN(N2C(C)(C)CCCC2(C)C)C1. The minimum Gasteiger partial charge on any atom is -0.287 e. The summed E-state index contributed by atoms with van der Waals surface area (Å²) in [5, 5.41) is 10.5. The zero-order chi connectivity index (χ0) is 26.9. The molecule has 0 aromatic rings. The second kappa shape index (κ2) is 9.16. The summed E-state index contributed by atoms with van der Waals surface area (Å²) < 4.78 is 0. The molecule has 4 aliphatic heterocycles. The summed E-state index contributed by atoms with van der Waals surface area (Å²) in [5.74, 6) is 0. The van der Waals surface area contributed by atoms with Crippen LogP contribution < -0.4 is 5.53 Å². The largest absolute Gasteiger partial charge is 0.287 e. The van der Waals surface area contributed by atoms with Gasteiger partial charge in [0.05, 0.1) is 0 Å². The molecule has 0 saturated carbocycles. The Morgan fingerprint density at radius 3 is 1.03 bits per heavy atom. The molecule has 0 amide bonds. The fraction of sp³-hybridized carbons (Fsp3) is 1.00. The molecule has 4 saturated heterocycles. The smallest absolute Gasteiger partial charge is 0.0475 e. The second-order valence-corrected chi connectivity index (χ2v) is 16.3. The molecule has 0 spiro atoms. The molecule has 4 heterocycles. The molecule has 4 rings (SSSR count). The summed E-state index contributed by atoms with van der Waals surface area (Å²) in [4.78, 5) is 2.91. The average molecular weight is 505 g/mol. The molecule has 0 atom stereocenters. The first-order valence-electron chi connectivity index (χ1n) is 15.0. The van der Waals surface area contributed by atoms with Crippen molar-refractivity contribution in [2.45, 2.75) is 180 Å². The van der Waals surface area contributed by atoms with Crippen molar-refractivity contribution in [1.29, 1.82) is 0 Å². The zero-order valence-corrected chi connectivity index (χ0v) is 26.1. The van der Waals surface area contributed by atoms with E-state index in [9.17, 15) is 0 Å². The number of hydrogen-bond donors (Lipinski definition) is 1. The Kier molecular flexibility index (Phi) is 7.32. The molecular weight excluding hydrogens is 444 g/mol. The Morgan fingerprint density at radius 1 is 0.444 bits per heavy atom. The van der Waals surface area contributed by atoms with Gasteiger partial charge in [-0.3, -0.25) is 4.90 Å². The quantitative estimate of drug-likeness (QED) is 0.481. The van der Waals surface area contributed by atoms with E-state index in [4.69, 9.17) is 0 Å². The summed E-state index contributed by atoms with van der Waals surface area (Å²) in [6, 6.07) is 0.443. The number of nitrogens with one attached hydrogen (secondary N) is 1. The number of nitrogens with zero attached hydrogens (tertiary/aromatic N) is 5. The van der Waals surface area contributed by atoms with Gasteiger partial charge in [0, 0.05) is 52.4 Å². The summed E-state index contributed by atoms with van der Waals surface area (Å²) in [7, 11) is 0. The van der Waals surface area contributed by atoms with Gasteiger partial charge in [0.1, 0.15) is 0 Å². The van der Waals surface area contributed by atoms with Crippen LogP contribution in [-0.4, -0.2) is 77.5 Å². The molecule has 0 aromatic heterocycles. The molecule has 0 bridgehead atoms. The molecular formula is C30H60N6. The van der Waals surface area contributed by atoms with Gasteiger partial charge in [-0.2, -0.15) is 15.8 Å². The topological polar surface area (TPSA) is 28.2 Å². The first kappa shape index (κ1) is 28.8. The van der Waals surface area contributed by atoms with Crippen LogP contribution >= 0.6 is 0 Å². The van der Waals surface area contributed by atoms with E-state index < -0.39 is 0 Å². The molecule has 0 aliphatic carbocycles. The highest BCUT2D eigenvalue weighted by Gasteiger charge is 2.54. The predicted octanol–water partition coefficient (Wildman–Crippen LogP) is 6.35. The van der Waals surface area contributed by atoms with Gasteiger partial charge in [0.15, 0.2) is 0 Å². The van der Waals surface area contributed by atoms with Gasteiger partial charge in [0.25, 0.3) is 0 Å². The van der Waals surface area contributed by atoms with E-state index in [1.807, 2.05) is 0 Å². The van der Waals surface area contributed by atoms with Gasteiger partial charge in [-0.05, 0) is 141 Å². The van der Waals surface area contributed by atoms with Gasteiger partial charge >= 0.3 is 0 Å². The van der Waals surface area contributed by atoms with E-state index in [0.29, 0.717) is 6.04 Å². The minimum atomic E-state index is 0.113.